The van der Waals surface area contributed by atoms with Crippen molar-refractivity contribution in [2.45, 2.75) is 13.3 Å². The van der Waals surface area contributed by atoms with Gasteiger partial charge in [0.25, 0.3) is 0 Å². The van der Waals surface area contributed by atoms with Gasteiger partial charge >= 0.3 is 0 Å². The number of alkyl halides is 2. The van der Waals surface area contributed by atoms with E-state index in [0.29, 0.717) is 0 Å². The van der Waals surface area contributed by atoms with Crippen molar-refractivity contribution in [3.63, 3.8) is 0 Å². The second-order valence-corrected chi connectivity index (χ2v) is 2.49. The van der Waals surface area contributed by atoms with Crippen LogP contribution in [0.2, 0.25) is 0 Å². The van der Waals surface area contributed by atoms with Gasteiger partial charge in [0, 0.05) is 10.7 Å². The fourth-order valence-corrected chi connectivity index (χ4v) is 1.95. The van der Waals surface area contributed by atoms with Crippen LogP contribution >= 0.6 is 31.9 Å². The third kappa shape index (κ3) is 3.53. The lowest BCUT2D eigenvalue weighted by atomic mass is 10.2. The van der Waals surface area contributed by atoms with Crippen molar-refractivity contribution in [3.05, 3.63) is 5.92 Å². The zero-order valence-electron chi connectivity index (χ0n) is 4.38. The van der Waals surface area contributed by atoms with Crippen LogP contribution in [0.1, 0.15) is 13.3 Å². The maximum atomic E-state index is 3.37. The monoisotopic (exact) mass is 227 g/mol. The van der Waals surface area contributed by atoms with E-state index in [-0.39, 0.29) is 0 Å². The van der Waals surface area contributed by atoms with Crippen LogP contribution in [0, 0.1) is 5.92 Å². The van der Waals surface area contributed by atoms with E-state index in [4.69, 9.17) is 0 Å². The lowest BCUT2D eigenvalue weighted by Gasteiger charge is -2.02. The molecule has 0 bridgehead atoms. The van der Waals surface area contributed by atoms with Gasteiger partial charge in [-0.3, -0.25) is 0 Å². The molecule has 0 spiro atoms. The molecule has 0 aromatic rings. The van der Waals surface area contributed by atoms with Crippen LogP contribution in [0.25, 0.3) is 0 Å². The maximum Gasteiger partial charge on any atom is 0.0102 e. The lowest BCUT2D eigenvalue weighted by Crippen LogP contribution is -1.96. The summed E-state index contributed by atoms with van der Waals surface area (Å²) in [5, 5.41) is 2.07. The van der Waals surface area contributed by atoms with Gasteiger partial charge in [-0.1, -0.05) is 38.8 Å². The first-order chi connectivity index (χ1) is 3.35. The second kappa shape index (κ2) is 5.10. The minimum atomic E-state index is 1.04. The highest BCUT2D eigenvalue weighted by atomic mass is 79.9. The van der Waals surface area contributed by atoms with Crippen LogP contribution in [0.15, 0.2) is 0 Å². The predicted molar refractivity (Wildman–Crippen MR) is 41.1 cm³/mol. The van der Waals surface area contributed by atoms with Crippen LogP contribution in [-0.2, 0) is 0 Å². The molecule has 0 fully saturated rings. The van der Waals surface area contributed by atoms with Crippen molar-refractivity contribution in [1.29, 1.82) is 0 Å². The molecule has 0 heterocycles. The number of hydrogen-bond acceptors (Lipinski definition) is 0. The van der Waals surface area contributed by atoms with Crippen LogP contribution < -0.4 is 0 Å². The van der Waals surface area contributed by atoms with Crippen LogP contribution in [0.5, 0.6) is 0 Å². The summed E-state index contributed by atoms with van der Waals surface area (Å²) in [4.78, 5) is 0. The molecule has 7 heavy (non-hydrogen) atoms. The summed E-state index contributed by atoms with van der Waals surface area (Å²) < 4.78 is 0. The summed E-state index contributed by atoms with van der Waals surface area (Å²) in [7, 11) is 0. The van der Waals surface area contributed by atoms with Gasteiger partial charge in [-0.05, 0) is 12.3 Å². The molecule has 43 valence electrons. The summed E-state index contributed by atoms with van der Waals surface area (Å²) in [5.41, 5.74) is 0. The highest BCUT2D eigenvalue weighted by Crippen LogP contribution is 2.10. The molecule has 0 rings (SSSR count). The number of rotatable bonds is 3. The lowest BCUT2D eigenvalue weighted by molar-refractivity contribution is 0.951. The molecule has 0 aliphatic rings. The molecule has 0 amide bonds. The van der Waals surface area contributed by atoms with Crippen LogP contribution in [-0.4, -0.2) is 10.7 Å². The van der Waals surface area contributed by atoms with E-state index in [0.717, 1.165) is 10.7 Å². The molecule has 0 saturated heterocycles. The smallest absolute Gasteiger partial charge is 0.0102 e. The van der Waals surface area contributed by atoms with Gasteiger partial charge in [-0.15, -0.1) is 0 Å². The van der Waals surface area contributed by atoms with E-state index in [1.54, 1.807) is 0 Å². The third-order valence-corrected chi connectivity index (χ3v) is 2.46. The van der Waals surface area contributed by atoms with Gasteiger partial charge in [0.05, 0.1) is 0 Å². The molecule has 0 aliphatic heterocycles. The van der Waals surface area contributed by atoms with Crippen LogP contribution in [0.3, 0.4) is 0 Å². The predicted octanol–water partition coefficient (Wildman–Crippen LogP) is 2.76. The Morgan fingerprint density at radius 1 is 1.29 bits per heavy atom. The number of hydrogen-bond donors (Lipinski definition) is 0. The van der Waals surface area contributed by atoms with Crippen molar-refractivity contribution in [2.75, 3.05) is 10.7 Å². The molecule has 0 nitrogen and oxygen atoms in total. The molecule has 0 atom stereocenters. The molecule has 0 aromatic carbocycles. The van der Waals surface area contributed by atoms with Gasteiger partial charge in [-0.25, -0.2) is 0 Å². The maximum absolute atomic E-state index is 3.37. The first-order valence-corrected chi connectivity index (χ1v) is 4.55. The first-order valence-electron chi connectivity index (χ1n) is 2.30. The van der Waals surface area contributed by atoms with Crippen molar-refractivity contribution in [2.24, 2.45) is 0 Å². The highest BCUT2D eigenvalue weighted by molar-refractivity contribution is 9.10. The Kier molecular flexibility index (Phi) is 5.80. The minimum Gasteiger partial charge on any atom is -0.0921 e. The summed E-state index contributed by atoms with van der Waals surface area (Å²) >= 11 is 6.74. The molecule has 0 saturated carbocycles. The zero-order valence-corrected chi connectivity index (χ0v) is 7.55. The van der Waals surface area contributed by atoms with Crippen molar-refractivity contribution < 1.29 is 0 Å². The van der Waals surface area contributed by atoms with Gasteiger partial charge in [-0.2, -0.15) is 0 Å². The van der Waals surface area contributed by atoms with E-state index in [1.165, 1.54) is 12.3 Å². The van der Waals surface area contributed by atoms with Gasteiger partial charge in [0.1, 0.15) is 0 Å². The van der Waals surface area contributed by atoms with Crippen LogP contribution in [0.4, 0.5) is 0 Å². The van der Waals surface area contributed by atoms with Crippen molar-refractivity contribution in [1.82, 2.24) is 0 Å². The summed E-state index contributed by atoms with van der Waals surface area (Å²) in [6, 6.07) is 0. The van der Waals surface area contributed by atoms with Gasteiger partial charge in [0.2, 0.25) is 0 Å². The first kappa shape index (κ1) is 7.96. The number of halogens is 2. The Bertz CT molecular complexity index is 27.6. The third-order valence-electron chi connectivity index (χ3n) is 0.878. The fourth-order valence-electron chi connectivity index (χ4n) is 0.225. The molecule has 2 heteroatoms. The SMILES string of the molecule is CC[C](CBr)CBr. The van der Waals surface area contributed by atoms with Crippen molar-refractivity contribution >= 4 is 31.9 Å². The summed E-state index contributed by atoms with van der Waals surface area (Å²) in [6.07, 6.45) is 1.18. The van der Waals surface area contributed by atoms with Gasteiger partial charge in [0.15, 0.2) is 0 Å². The molecule has 0 N–H and O–H groups in total. The normalized spacial score (nSPS) is 10.3. The Labute approximate surface area is 61.9 Å². The second-order valence-electron chi connectivity index (χ2n) is 1.37. The van der Waals surface area contributed by atoms with Gasteiger partial charge < -0.3 is 0 Å². The molecular weight excluding hydrogens is 220 g/mol. The van der Waals surface area contributed by atoms with E-state index in [1.807, 2.05) is 0 Å². The zero-order chi connectivity index (χ0) is 5.70. The van der Waals surface area contributed by atoms with Crippen molar-refractivity contribution in [3.8, 4) is 0 Å². The Hall–Kier alpha value is 0.960. The van der Waals surface area contributed by atoms with E-state index in [2.05, 4.69) is 38.8 Å². The molecular formula is C5H9Br2. The Morgan fingerprint density at radius 2 is 1.71 bits per heavy atom. The average molecular weight is 229 g/mol. The highest BCUT2D eigenvalue weighted by Gasteiger charge is 1.99. The van der Waals surface area contributed by atoms with E-state index in [9.17, 15) is 0 Å². The standard InChI is InChI=1S/C5H9Br2/c1-2-5(3-6)4-7/h2-4H2,1H3. The van der Waals surface area contributed by atoms with E-state index < -0.39 is 0 Å². The summed E-state index contributed by atoms with van der Waals surface area (Å²) in [6.45, 7) is 2.16. The largest absolute Gasteiger partial charge is 0.0921 e. The molecule has 1 radical (unpaired) electrons. The molecule has 0 unspecified atom stereocenters. The van der Waals surface area contributed by atoms with E-state index >= 15 is 0 Å². The Balaban J connectivity index is 2.99. The minimum absolute atomic E-state index is 1.04. The fraction of sp³-hybridized carbons (Fsp3) is 0.800. The topological polar surface area (TPSA) is 0 Å². The molecule has 0 aliphatic carbocycles. The quantitative estimate of drug-likeness (QED) is 0.652. The average Bonchev–Trinajstić information content (AvgIpc) is 1.72. The molecule has 0 aromatic heterocycles. The Morgan fingerprint density at radius 3 is 1.71 bits per heavy atom. The summed E-state index contributed by atoms with van der Waals surface area (Å²) in [5.74, 6) is 1.51.